The van der Waals surface area contributed by atoms with Gasteiger partial charge in [0.1, 0.15) is 5.60 Å². The van der Waals surface area contributed by atoms with Gasteiger partial charge >= 0.3 is 5.97 Å². The van der Waals surface area contributed by atoms with Gasteiger partial charge in [-0.05, 0) is 51.4 Å². The van der Waals surface area contributed by atoms with Gasteiger partial charge in [0.05, 0.1) is 29.9 Å². The minimum atomic E-state index is -0.565. The monoisotopic (exact) mass is 416 g/mol. The van der Waals surface area contributed by atoms with Crippen LogP contribution in [0.25, 0.3) is 0 Å². The quantitative estimate of drug-likeness (QED) is 0.762. The Morgan fingerprint density at radius 2 is 1.93 bits per heavy atom. The van der Waals surface area contributed by atoms with E-state index in [1.165, 1.54) is 0 Å². The smallest absolute Gasteiger partial charge is 0.307 e. The molecule has 2 amide bonds. The van der Waals surface area contributed by atoms with Crippen LogP contribution in [0.5, 0.6) is 0 Å². The first-order chi connectivity index (χ1) is 14.4. The summed E-state index contributed by atoms with van der Waals surface area (Å²) in [5.41, 5.74) is 1.11. The predicted octanol–water partition coefficient (Wildman–Crippen LogP) is 2.56. The first-order valence-corrected chi connectivity index (χ1v) is 11.2. The van der Waals surface area contributed by atoms with Gasteiger partial charge in [-0.25, -0.2) is 0 Å². The Balaban J connectivity index is 1.29. The second-order valence-electron chi connectivity index (χ2n) is 9.14. The molecule has 1 N–H and O–H groups in total. The number of likely N-dealkylation sites (tertiary alicyclic amines) is 1. The van der Waals surface area contributed by atoms with Crippen molar-refractivity contribution in [2.24, 2.45) is 18.9 Å². The Kier molecular flexibility index (Phi) is 5.84. The fourth-order valence-electron chi connectivity index (χ4n) is 5.27. The Bertz CT molecular complexity index is 819. The van der Waals surface area contributed by atoms with Gasteiger partial charge in [0, 0.05) is 26.6 Å². The second-order valence-corrected chi connectivity index (χ2v) is 9.14. The maximum absolute atomic E-state index is 13.2. The van der Waals surface area contributed by atoms with Gasteiger partial charge in [-0.15, -0.1) is 0 Å². The number of anilines is 1. The summed E-state index contributed by atoms with van der Waals surface area (Å²) in [6.07, 6.45) is 8.73. The highest BCUT2D eigenvalue weighted by molar-refractivity contribution is 5.91. The Labute approximate surface area is 177 Å². The molecule has 1 spiro atoms. The highest BCUT2D eigenvalue weighted by Gasteiger charge is 2.53. The number of esters is 1. The molecule has 0 bridgehead atoms. The average Bonchev–Trinajstić information content (AvgIpc) is 3.22. The van der Waals surface area contributed by atoms with Crippen molar-refractivity contribution in [3.05, 3.63) is 11.9 Å². The lowest BCUT2D eigenvalue weighted by Gasteiger charge is -2.39. The van der Waals surface area contributed by atoms with E-state index in [9.17, 15) is 14.4 Å². The highest BCUT2D eigenvalue weighted by atomic mass is 16.6. The van der Waals surface area contributed by atoms with Crippen molar-refractivity contribution < 1.29 is 19.1 Å². The number of aromatic nitrogens is 2. The Morgan fingerprint density at radius 1 is 1.23 bits per heavy atom. The summed E-state index contributed by atoms with van der Waals surface area (Å²) in [6.45, 7) is 3.20. The molecule has 1 aliphatic carbocycles. The van der Waals surface area contributed by atoms with Crippen LogP contribution in [-0.2, 0) is 26.2 Å². The number of hydrogen-bond donors (Lipinski definition) is 1. The molecule has 0 radical (unpaired) electrons. The van der Waals surface area contributed by atoms with E-state index in [1.54, 1.807) is 10.9 Å². The number of aryl methyl sites for hydroxylation is 1. The Hall–Kier alpha value is -2.38. The third kappa shape index (κ3) is 4.09. The van der Waals surface area contributed by atoms with Crippen LogP contribution in [0.1, 0.15) is 63.5 Å². The molecule has 30 heavy (non-hydrogen) atoms. The molecular formula is C22H32N4O4. The number of ether oxygens (including phenoxy) is 1. The number of nitrogens with zero attached hydrogens (tertiary/aromatic N) is 3. The largest absolute Gasteiger partial charge is 0.458 e. The zero-order valence-corrected chi connectivity index (χ0v) is 18.0. The molecular weight excluding hydrogens is 384 g/mol. The molecule has 1 atom stereocenters. The molecule has 3 fully saturated rings. The van der Waals surface area contributed by atoms with E-state index in [0.717, 1.165) is 56.3 Å². The molecule has 1 saturated carbocycles. The van der Waals surface area contributed by atoms with Crippen LogP contribution in [0.3, 0.4) is 0 Å². The van der Waals surface area contributed by atoms with Gasteiger partial charge in [-0.2, -0.15) is 5.10 Å². The first kappa shape index (κ1) is 20.9. The van der Waals surface area contributed by atoms with Crippen LogP contribution >= 0.6 is 0 Å². The fraction of sp³-hybridized carbons (Fsp3) is 0.727. The van der Waals surface area contributed by atoms with Crippen LogP contribution in [0, 0.1) is 18.8 Å². The third-order valence-corrected chi connectivity index (χ3v) is 7.23. The molecule has 1 unspecified atom stereocenters. The molecule has 4 rings (SSSR count). The Morgan fingerprint density at radius 3 is 2.57 bits per heavy atom. The van der Waals surface area contributed by atoms with Crippen molar-refractivity contribution in [1.29, 1.82) is 0 Å². The number of rotatable bonds is 4. The summed E-state index contributed by atoms with van der Waals surface area (Å²) < 4.78 is 7.44. The fourth-order valence-corrected chi connectivity index (χ4v) is 5.27. The second kappa shape index (κ2) is 8.40. The predicted molar refractivity (Wildman–Crippen MR) is 111 cm³/mol. The van der Waals surface area contributed by atoms with Crippen molar-refractivity contribution >= 4 is 23.5 Å². The van der Waals surface area contributed by atoms with Gasteiger partial charge in [0.2, 0.25) is 11.8 Å². The number of amides is 2. The van der Waals surface area contributed by atoms with Crippen molar-refractivity contribution in [1.82, 2.24) is 14.7 Å². The van der Waals surface area contributed by atoms with Crippen LogP contribution in [0.15, 0.2) is 6.20 Å². The lowest BCUT2D eigenvalue weighted by atomic mass is 9.75. The van der Waals surface area contributed by atoms with Crippen LogP contribution in [-0.4, -0.2) is 51.2 Å². The lowest BCUT2D eigenvalue weighted by molar-refractivity contribution is -0.156. The van der Waals surface area contributed by atoms with Gasteiger partial charge in [-0.3, -0.25) is 19.1 Å². The van der Waals surface area contributed by atoms with E-state index in [0.29, 0.717) is 19.5 Å². The number of carbonyl (C=O) groups excluding carboxylic acids is 3. The zero-order valence-electron chi connectivity index (χ0n) is 18.0. The maximum Gasteiger partial charge on any atom is 0.307 e. The summed E-state index contributed by atoms with van der Waals surface area (Å²) in [6, 6.07) is 0. The normalized spacial score (nSPS) is 24.1. The molecule has 3 aliphatic rings. The van der Waals surface area contributed by atoms with Crippen molar-refractivity contribution in [3.8, 4) is 0 Å². The zero-order chi connectivity index (χ0) is 21.3. The molecule has 8 nitrogen and oxygen atoms in total. The molecule has 8 heteroatoms. The summed E-state index contributed by atoms with van der Waals surface area (Å²) in [4.78, 5) is 39.6. The topological polar surface area (TPSA) is 93.5 Å². The van der Waals surface area contributed by atoms with Crippen molar-refractivity contribution in [3.63, 3.8) is 0 Å². The van der Waals surface area contributed by atoms with Crippen LogP contribution in [0.2, 0.25) is 0 Å². The van der Waals surface area contributed by atoms with E-state index in [4.69, 9.17) is 4.74 Å². The molecule has 1 aromatic rings. The number of carbonyl (C=O) groups is 3. The lowest BCUT2D eigenvalue weighted by Crippen LogP contribution is -2.49. The number of nitrogens with one attached hydrogen (secondary N) is 1. The highest BCUT2D eigenvalue weighted by Crippen LogP contribution is 2.45. The van der Waals surface area contributed by atoms with Gasteiger partial charge in [-0.1, -0.05) is 6.42 Å². The molecule has 2 saturated heterocycles. The van der Waals surface area contributed by atoms with E-state index in [1.807, 2.05) is 18.9 Å². The summed E-state index contributed by atoms with van der Waals surface area (Å²) >= 11 is 0. The van der Waals surface area contributed by atoms with E-state index in [2.05, 4.69) is 10.4 Å². The van der Waals surface area contributed by atoms with E-state index < -0.39 is 5.60 Å². The summed E-state index contributed by atoms with van der Waals surface area (Å²) in [5, 5.41) is 7.09. The molecule has 164 valence electrons. The standard InChI is InChI=1S/C22H32N4O4/c1-15-18(14-23-25(15)2)24-19(27)12-16-6-10-26(11-7-16)21(29)17-13-20(28)30-22(17)8-4-3-5-9-22/h14,16-17H,3-13H2,1-2H3,(H,24,27). The van der Waals surface area contributed by atoms with Gasteiger partial charge in [0.25, 0.3) is 0 Å². The van der Waals surface area contributed by atoms with Gasteiger partial charge in [0.15, 0.2) is 0 Å². The minimum Gasteiger partial charge on any atom is -0.458 e. The SMILES string of the molecule is Cc1c(NC(=O)CC2CCN(C(=O)C3CC(=O)OC34CCCCC4)CC2)cnn1C. The molecule has 0 aromatic carbocycles. The van der Waals surface area contributed by atoms with Crippen molar-refractivity contribution in [2.75, 3.05) is 18.4 Å². The van der Waals surface area contributed by atoms with E-state index in [-0.39, 0.29) is 36.0 Å². The van der Waals surface area contributed by atoms with E-state index >= 15 is 0 Å². The average molecular weight is 417 g/mol. The van der Waals surface area contributed by atoms with Crippen LogP contribution in [0.4, 0.5) is 5.69 Å². The van der Waals surface area contributed by atoms with Crippen LogP contribution < -0.4 is 5.32 Å². The maximum atomic E-state index is 13.2. The molecule has 1 aromatic heterocycles. The van der Waals surface area contributed by atoms with Crippen molar-refractivity contribution in [2.45, 2.75) is 70.3 Å². The third-order valence-electron chi connectivity index (χ3n) is 7.23. The summed E-state index contributed by atoms with van der Waals surface area (Å²) in [7, 11) is 1.85. The molecule has 3 heterocycles. The first-order valence-electron chi connectivity index (χ1n) is 11.2. The minimum absolute atomic E-state index is 0.00757. The number of piperidine rings is 1. The molecule has 2 aliphatic heterocycles. The van der Waals surface area contributed by atoms with Gasteiger partial charge < -0.3 is 15.0 Å². The summed E-state index contributed by atoms with van der Waals surface area (Å²) in [5.74, 6) is -0.245. The number of hydrogen-bond acceptors (Lipinski definition) is 5.